The second-order valence-electron chi connectivity index (χ2n) is 6.35. The van der Waals surface area contributed by atoms with Gasteiger partial charge in [-0.1, -0.05) is 30.3 Å². The Balaban J connectivity index is 1.69. The molecule has 3 heterocycles. The van der Waals surface area contributed by atoms with Crippen molar-refractivity contribution in [2.24, 2.45) is 0 Å². The highest BCUT2D eigenvalue weighted by atomic mass is 16.6. The fourth-order valence-corrected chi connectivity index (χ4v) is 3.26. The number of carbonyl (C=O) groups excluding carboxylic acids is 1. The van der Waals surface area contributed by atoms with Crippen molar-refractivity contribution in [3.05, 3.63) is 48.5 Å². The molecule has 1 aliphatic rings. The lowest BCUT2D eigenvalue weighted by atomic mass is 10.1. The Morgan fingerprint density at radius 3 is 2.89 bits per heavy atom. The number of nitrogens with zero attached hydrogens (tertiary/aromatic N) is 4. The second kappa shape index (κ2) is 6.93. The summed E-state index contributed by atoms with van der Waals surface area (Å²) >= 11 is 0. The molecule has 27 heavy (non-hydrogen) atoms. The summed E-state index contributed by atoms with van der Waals surface area (Å²) in [5, 5.41) is 9.50. The average Bonchev–Trinajstić information content (AvgIpc) is 3.33. The summed E-state index contributed by atoms with van der Waals surface area (Å²) in [7, 11) is 0. The summed E-state index contributed by atoms with van der Waals surface area (Å²) in [5.74, 6) is -0.359. The summed E-state index contributed by atoms with van der Waals surface area (Å²) in [5.41, 5.74) is 6.00. The summed E-state index contributed by atoms with van der Waals surface area (Å²) in [6.07, 6.45) is 3.08. The van der Waals surface area contributed by atoms with E-state index >= 15 is 0 Å². The van der Waals surface area contributed by atoms with Gasteiger partial charge in [-0.05, 0) is 12.0 Å². The van der Waals surface area contributed by atoms with Crippen molar-refractivity contribution in [3.63, 3.8) is 0 Å². The van der Waals surface area contributed by atoms with Crippen molar-refractivity contribution in [1.29, 1.82) is 0 Å². The second-order valence-corrected chi connectivity index (χ2v) is 6.35. The van der Waals surface area contributed by atoms with Crippen LogP contribution in [0.1, 0.15) is 18.4 Å². The van der Waals surface area contributed by atoms with Crippen molar-refractivity contribution in [2.45, 2.75) is 31.3 Å². The monoisotopic (exact) mass is 369 g/mol. The normalized spacial score (nSPS) is 22.2. The van der Waals surface area contributed by atoms with Gasteiger partial charge in [-0.15, -0.1) is 0 Å². The molecule has 2 atom stereocenters. The molecule has 3 aromatic rings. The maximum Gasteiger partial charge on any atom is 0.360 e. The Morgan fingerprint density at radius 1 is 1.33 bits per heavy atom. The van der Waals surface area contributed by atoms with Crippen LogP contribution in [0.4, 0.5) is 5.82 Å². The minimum Gasteiger partial charge on any atom is -0.457 e. The van der Waals surface area contributed by atoms with Crippen LogP contribution in [-0.4, -0.2) is 43.3 Å². The van der Waals surface area contributed by atoms with Gasteiger partial charge < -0.3 is 20.3 Å². The van der Waals surface area contributed by atoms with E-state index in [0.29, 0.717) is 24.0 Å². The van der Waals surface area contributed by atoms with Crippen LogP contribution in [0.2, 0.25) is 0 Å². The number of hydrogen-bond donors (Lipinski definition) is 2. The predicted molar refractivity (Wildman–Crippen MR) is 95.1 cm³/mol. The quantitative estimate of drug-likeness (QED) is 0.638. The van der Waals surface area contributed by atoms with Crippen molar-refractivity contribution in [2.75, 3.05) is 12.3 Å². The molecule has 0 radical (unpaired) electrons. The Hall–Kier alpha value is -3.04. The van der Waals surface area contributed by atoms with Gasteiger partial charge in [0.25, 0.3) is 0 Å². The lowest BCUT2D eigenvalue weighted by Crippen LogP contribution is -2.43. The number of hydrogen-bond acceptors (Lipinski definition) is 8. The largest absolute Gasteiger partial charge is 0.457 e. The highest BCUT2D eigenvalue weighted by molar-refractivity contribution is 5.85. The molecule has 4 rings (SSSR count). The van der Waals surface area contributed by atoms with E-state index in [9.17, 15) is 9.90 Å². The summed E-state index contributed by atoms with van der Waals surface area (Å²) in [6, 6.07) is 9.37. The number of ether oxygens (including phenoxy) is 2. The minimum atomic E-state index is -1.46. The molecule has 0 saturated carbocycles. The molecule has 3 N–H and O–H groups in total. The molecular formula is C18H19N5O4. The molecule has 1 saturated heterocycles. The van der Waals surface area contributed by atoms with Crippen LogP contribution in [0.5, 0.6) is 0 Å². The number of aliphatic hydroxyl groups excluding tert-OH is 1. The van der Waals surface area contributed by atoms with Gasteiger partial charge in [-0.25, -0.2) is 19.7 Å². The van der Waals surface area contributed by atoms with Crippen LogP contribution in [-0.2, 0) is 26.6 Å². The van der Waals surface area contributed by atoms with E-state index in [1.165, 1.54) is 17.2 Å². The van der Waals surface area contributed by atoms with Gasteiger partial charge in [0.05, 0.1) is 12.7 Å². The number of fused-ring (bicyclic) bond motifs is 1. The molecule has 0 bridgehead atoms. The van der Waals surface area contributed by atoms with E-state index in [1.807, 2.05) is 30.3 Å². The number of anilines is 1. The zero-order valence-corrected chi connectivity index (χ0v) is 14.5. The number of imidazole rings is 1. The van der Waals surface area contributed by atoms with Crippen LogP contribution < -0.4 is 5.73 Å². The zero-order chi connectivity index (χ0) is 18.9. The number of carbonyl (C=O) groups is 1. The summed E-state index contributed by atoms with van der Waals surface area (Å²) in [4.78, 5) is 25.4. The van der Waals surface area contributed by atoms with E-state index in [0.717, 1.165) is 5.56 Å². The Bertz CT molecular complexity index is 961. The highest BCUT2D eigenvalue weighted by Gasteiger charge is 2.50. The van der Waals surface area contributed by atoms with Crippen molar-refractivity contribution in [1.82, 2.24) is 19.5 Å². The van der Waals surface area contributed by atoms with Gasteiger partial charge in [0.2, 0.25) is 5.72 Å². The smallest absolute Gasteiger partial charge is 0.360 e. The molecule has 9 heteroatoms. The number of aliphatic hydroxyl groups is 1. The maximum absolute atomic E-state index is 13.1. The van der Waals surface area contributed by atoms with Gasteiger partial charge in [0.1, 0.15) is 24.8 Å². The van der Waals surface area contributed by atoms with Crippen molar-refractivity contribution in [3.8, 4) is 0 Å². The highest BCUT2D eigenvalue weighted by Crippen LogP contribution is 2.38. The molecule has 1 aromatic carbocycles. The number of nitrogen functional groups attached to an aromatic ring is 1. The SMILES string of the molecule is Nc1ncnc2c1ncn2[C@@]1(C(=O)OCc2ccccc2)CC[C@@H](CO)O1. The molecule has 2 aromatic heterocycles. The van der Waals surface area contributed by atoms with E-state index in [4.69, 9.17) is 15.2 Å². The Kier molecular flexibility index (Phi) is 4.46. The predicted octanol–water partition coefficient (Wildman–Crippen LogP) is 0.976. The molecule has 9 nitrogen and oxygen atoms in total. The topological polar surface area (TPSA) is 125 Å². The standard InChI is InChI=1S/C18H19N5O4/c19-15-14-16(21-10-20-15)23(11-22-14)18(7-6-13(8-24)27-18)17(25)26-9-12-4-2-1-3-5-12/h1-5,10-11,13,24H,6-9H2,(H2,19,20,21)/t13-,18-/m0/s1. The molecule has 1 aliphatic heterocycles. The van der Waals surface area contributed by atoms with Crippen LogP contribution in [0.15, 0.2) is 43.0 Å². The third kappa shape index (κ3) is 3.00. The van der Waals surface area contributed by atoms with Crippen molar-refractivity contribution < 1.29 is 19.4 Å². The summed E-state index contributed by atoms with van der Waals surface area (Å²) < 4.78 is 13.0. The molecule has 0 spiro atoms. The van der Waals surface area contributed by atoms with Gasteiger partial charge in [-0.3, -0.25) is 4.57 Å². The third-order valence-electron chi connectivity index (χ3n) is 4.65. The Morgan fingerprint density at radius 2 is 2.15 bits per heavy atom. The maximum atomic E-state index is 13.1. The number of nitrogens with two attached hydrogens (primary N) is 1. The number of aromatic nitrogens is 4. The third-order valence-corrected chi connectivity index (χ3v) is 4.65. The first-order valence-corrected chi connectivity index (χ1v) is 8.58. The number of benzene rings is 1. The average molecular weight is 369 g/mol. The minimum absolute atomic E-state index is 0.109. The Labute approximate surface area is 154 Å². The fraction of sp³-hybridized carbons (Fsp3) is 0.333. The van der Waals surface area contributed by atoms with E-state index < -0.39 is 17.8 Å². The van der Waals surface area contributed by atoms with Crippen LogP contribution in [0, 0.1) is 0 Å². The first kappa shape index (κ1) is 17.4. The molecule has 0 aliphatic carbocycles. The lowest BCUT2D eigenvalue weighted by Gasteiger charge is -2.28. The van der Waals surface area contributed by atoms with Crippen LogP contribution in [0.3, 0.4) is 0 Å². The van der Waals surface area contributed by atoms with Gasteiger partial charge in [-0.2, -0.15) is 0 Å². The van der Waals surface area contributed by atoms with Crippen LogP contribution >= 0.6 is 0 Å². The van der Waals surface area contributed by atoms with Crippen LogP contribution in [0.25, 0.3) is 11.2 Å². The van der Waals surface area contributed by atoms with Crippen molar-refractivity contribution >= 4 is 23.0 Å². The number of esters is 1. The first-order valence-electron chi connectivity index (χ1n) is 8.58. The van der Waals surface area contributed by atoms with E-state index in [2.05, 4.69) is 15.0 Å². The molecule has 1 fully saturated rings. The van der Waals surface area contributed by atoms with Gasteiger partial charge >= 0.3 is 5.97 Å². The zero-order valence-electron chi connectivity index (χ0n) is 14.5. The molecule has 140 valence electrons. The molecule has 0 amide bonds. The van der Waals surface area contributed by atoms with E-state index in [1.54, 1.807) is 0 Å². The first-order chi connectivity index (χ1) is 13.1. The van der Waals surface area contributed by atoms with E-state index in [-0.39, 0.29) is 19.0 Å². The van der Waals surface area contributed by atoms with Gasteiger partial charge in [0, 0.05) is 6.42 Å². The molecule has 0 unspecified atom stereocenters. The summed E-state index contributed by atoms with van der Waals surface area (Å²) in [6.45, 7) is -0.0875. The number of rotatable bonds is 5. The lowest BCUT2D eigenvalue weighted by molar-refractivity contribution is -0.188. The van der Waals surface area contributed by atoms with Gasteiger partial charge in [0.15, 0.2) is 11.5 Å². The molecular weight excluding hydrogens is 350 g/mol. The fourth-order valence-electron chi connectivity index (χ4n) is 3.26.